The fraction of sp³-hybridized carbons (Fsp3) is 0.350. The quantitative estimate of drug-likeness (QED) is 0.712. The number of carbonyl (C=O) groups excluding carboxylic acids is 1. The van der Waals surface area contributed by atoms with Gasteiger partial charge in [-0.3, -0.25) is 9.10 Å². The van der Waals surface area contributed by atoms with E-state index in [1.54, 1.807) is 24.3 Å². The van der Waals surface area contributed by atoms with Crippen LogP contribution in [0.4, 0.5) is 5.69 Å². The van der Waals surface area contributed by atoms with Crippen LogP contribution in [0.15, 0.2) is 54.6 Å². The van der Waals surface area contributed by atoms with Gasteiger partial charge in [0.1, 0.15) is 11.5 Å². The molecule has 0 radical (unpaired) electrons. The number of sulfonamides is 1. The van der Waals surface area contributed by atoms with Crippen LogP contribution in [0.25, 0.3) is 0 Å². The van der Waals surface area contributed by atoms with E-state index in [2.05, 4.69) is 5.32 Å². The predicted molar refractivity (Wildman–Crippen MR) is 108 cm³/mol. The number of nitrogens with one attached hydrogen (secondary N) is 1. The van der Waals surface area contributed by atoms with Crippen LogP contribution >= 0.6 is 0 Å². The normalized spacial score (nSPS) is 11.3. The molecule has 0 aliphatic heterocycles. The third-order valence-corrected chi connectivity index (χ3v) is 4.95. The summed E-state index contributed by atoms with van der Waals surface area (Å²) in [6.45, 7) is 4.66. The molecule has 0 aliphatic rings. The van der Waals surface area contributed by atoms with Crippen LogP contribution in [0.2, 0.25) is 0 Å². The minimum atomic E-state index is -3.50. The fourth-order valence-corrected chi connectivity index (χ4v) is 3.33. The summed E-state index contributed by atoms with van der Waals surface area (Å²) >= 11 is 0. The summed E-state index contributed by atoms with van der Waals surface area (Å²) in [7, 11) is -3.50. The number of ether oxygens (including phenoxy) is 1. The van der Waals surface area contributed by atoms with Gasteiger partial charge in [-0.05, 0) is 42.3 Å². The highest BCUT2D eigenvalue weighted by Gasteiger charge is 2.18. The fourth-order valence-electron chi connectivity index (χ4n) is 2.40. The van der Waals surface area contributed by atoms with E-state index < -0.39 is 10.0 Å². The van der Waals surface area contributed by atoms with Crippen molar-refractivity contribution in [1.29, 1.82) is 0 Å². The molecule has 2 aromatic rings. The smallest absolute Gasteiger partial charge is 0.232 e. The summed E-state index contributed by atoms with van der Waals surface area (Å²) in [5, 5.41) is 2.80. The number of anilines is 1. The summed E-state index contributed by atoms with van der Waals surface area (Å²) < 4.78 is 31.2. The molecular formula is C20H26N2O4S. The molecule has 0 aliphatic carbocycles. The van der Waals surface area contributed by atoms with Crippen molar-refractivity contribution in [2.24, 2.45) is 5.92 Å². The molecule has 0 heterocycles. The van der Waals surface area contributed by atoms with Crippen LogP contribution in [0, 0.1) is 5.92 Å². The Kier molecular flexibility index (Phi) is 7.24. The molecule has 0 fully saturated rings. The molecule has 2 aromatic carbocycles. The second-order valence-electron chi connectivity index (χ2n) is 6.69. The summed E-state index contributed by atoms with van der Waals surface area (Å²) in [4.78, 5) is 11.9. The third kappa shape index (κ3) is 6.94. The highest BCUT2D eigenvalue weighted by atomic mass is 32.2. The van der Waals surface area contributed by atoms with Gasteiger partial charge in [-0.2, -0.15) is 0 Å². The first-order valence-corrected chi connectivity index (χ1v) is 10.7. The van der Waals surface area contributed by atoms with Gasteiger partial charge in [0.15, 0.2) is 0 Å². The van der Waals surface area contributed by atoms with Crippen molar-refractivity contribution in [3.8, 4) is 11.5 Å². The van der Waals surface area contributed by atoms with Gasteiger partial charge < -0.3 is 10.1 Å². The van der Waals surface area contributed by atoms with Crippen LogP contribution < -0.4 is 14.4 Å². The third-order valence-electron chi connectivity index (χ3n) is 3.75. The molecular weight excluding hydrogens is 364 g/mol. The largest absolute Gasteiger partial charge is 0.457 e. The second-order valence-corrected chi connectivity index (χ2v) is 8.60. The van der Waals surface area contributed by atoms with Gasteiger partial charge in [0.25, 0.3) is 0 Å². The lowest BCUT2D eigenvalue weighted by atomic mass is 10.2. The molecule has 1 N–H and O–H groups in total. The zero-order valence-electron chi connectivity index (χ0n) is 15.9. The molecule has 0 saturated heterocycles. The van der Waals surface area contributed by atoms with Crippen LogP contribution in [0.1, 0.15) is 20.3 Å². The van der Waals surface area contributed by atoms with Gasteiger partial charge in [-0.25, -0.2) is 8.42 Å². The van der Waals surface area contributed by atoms with Crippen molar-refractivity contribution >= 4 is 21.6 Å². The molecule has 0 saturated carbocycles. The van der Waals surface area contributed by atoms with E-state index in [0.717, 1.165) is 6.26 Å². The van der Waals surface area contributed by atoms with Gasteiger partial charge in [0.2, 0.25) is 15.9 Å². The molecule has 146 valence electrons. The van der Waals surface area contributed by atoms with Crippen LogP contribution in [-0.2, 0) is 14.8 Å². The monoisotopic (exact) mass is 390 g/mol. The first-order valence-electron chi connectivity index (χ1n) is 8.83. The summed E-state index contributed by atoms with van der Waals surface area (Å²) in [5.74, 6) is 1.48. The number of hydrogen-bond acceptors (Lipinski definition) is 4. The molecule has 27 heavy (non-hydrogen) atoms. The number of para-hydroxylation sites is 1. The minimum absolute atomic E-state index is 0.0850. The summed E-state index contributed by atoms with van der Waals surface area (Å²) in [6.07, 6.45) is 1.23. The van der Waals surface area contributed by atoms with E-state index in [1.165, 1.54) is 4.31 Å². The van der Waals surface area contributed by atoms with E-state index >= 15 is 0 Å². The van der Waals surface area contributed by atoms with Crippen LogP contribution in [0.3, 0.4) is 0 Å². The molecule has 6 nitrogen and oxygen atoms in total. The maximum atomic E-state index is 12.1. The number of nitrogens with zero attached hydrogens (tertiary/aromatic N) is 1. The average Bonchev–Trinajstić information content (AvgIpc) is 2.61. The maximum Gasteiger partial charge on any atom is 0.232 e. The maximum absolute atomic E-state index is 12.1. The second kappa shape index (κ2) is 9.41. The van der Waals surface area contributed by atoms with Crippen molar-refractivity contribution in [1.82, 2.24) is 5.32 Å². The molecule has 0 unspecified atom stereocenters. The predicted octanol–water partition coefficient (Wildman–Crippen LogP) is 3.41. The van der Waals surface area contributed by atoms with Crippen molar-refractivity contribution in [3.63, 3.8) is 0 Å². The summed E-state index contributed by atoms with van der Waals surface area (Å²) in [5.41, 5.74) is 0.495. The van der Waals surface area contributed by atoms with Crippen molar-refractivity contribution in [2.45, 2.75) is 20.3 Å². The molecule has 0 aromatic heterocycles. The Balaban J connectivity index is 2.05. The zero-order valence-corrected chi connectivity index (χ0v) is 16.7. The Hall–Kier alpha value is -2.54. The lowest BCUT2D eigenvalue weighted by Crippen LogP contribution is -2.35. The van der Waals surface area contributed by atoms with Gasteiger partial charge in [0.05, 0.1) is 11.9 Å². The molecule has 1 amide bonds. The molecule has 0 spiro atoms. The average molecular weight is 391 g/mol. The summed E-state index contributed by atoms with van der Waals surface area (Å²) in [6, 6.07) is 16.1. The van der Waals surface area contributed by atoms with Crippen molar-refractivity contribution < 1.29 is 17.9 Å². The molecule has 2 rings (SSSR count). The Labute approximate surface area is 161 Å². The minimum Gasteiger partial charge on any atom is -0.457 e. The lowest BCUT2D eigenvalue weighted by molar-refractivity contribution is -0.121. The van der Waals surface area contributed by atoms with Crippen LogP contribution in [-0.4, -0.2) is 33.7 Å². The molecule has 7 heteroatoms. The van der Waals surface area contributed by atoms with Crippen LogP contribution in [0.5, 0.6) is 11.5 Å². The lowest BCUT2D eigenvalue weighted by Gasteiger charge is -2.22. The number of carbonyl (C=O) groups is 1. The van der Waals surface area contributed by atoms with E-state index in [0.29, 0.717) is 29.6 Å². The number of amides is 1. The number of rotatable bonds is 9. The van der Waals surface area contributed by atoms with Crippen molar-refractivity contribution in [2.75, 3.05) is 23.7 Å². The van der Waals surface area contributed by atoms with Gasteiger partial charge >= 0.3 is 0 Å². The van der Waals surface area contributed by atoms with E-state index in [4.69, 9.17) is 4.74 Å². The van der Waals surface area contributed by atoms with E-state index in [9.17, 15) is 13.2 Å². The molecule has 0 atom stereocenters. The first-order chi connectivity index (χ1) is 12.8. The Morgan fingerprint density at radius 3 is 2.19 bits per heavy atom. The standard InChI is InChI=1S/C20H26N2O4S/c1-16(2)15-21-20(23)13-14-22(27(3,24)25)17-9-11-19(12-10-17)26-18-7-5-4-6-8-18/h4-12,16H,13-15H2,1-3H3,(H,21,23). The topological polar surface area (TPSA) is 75.7 Å². The SMILES string of the molecule is CC(C)CNC(=O)CCN(c1ccc(Oc2ccccc2)cc1)S(C)(=O)=O. The molecule has 0 bridgehead atoms. The zero-order chi connectivity index (χ0) is 19.9. The Bertz CT molecular complexity index is 834. The van der Waals surface area contributed by atoms with Gasteiger partial charge in [-0.15, -0.1) is 0 Å². The van der Waals surface area contributed by atoms with Gasteiger partial charge in [0, 0.05) is 19.5 Å². The van der Waals surface area contributed by atoms with E-state index in [-0.39, 0.29) is 18.9 Å². The highest BCUT2D eigenvalue weighted by molar-refractivity contribution is 7.92. The number of benzene rings is 2. The van der Waals surface area contributed by atoms with Crippen molar-refractivity contribution in [3.05, 3.63) is 54.6 Å². The Morgan fingerprint density at radius 1 is 1.04 bits per heavy atom. The highest BCUT2D eigenvalue weighted by Crippen LogP contribution is 2.25. The van der Waals surface area contributed by atoms with E-state index in [1.807, 2.05) is 44.2 Å². The van der Waals surface area contributed by atoms with Gasteiger partial charge in [-0.1, -0.05) is 32.0 Å². The Morgan fingerprint density at radius 2 is 1.63 bits per heavy atom. The number of hydrogen-bond donors (Lipinski definition) is 1. The first kappa shape index (κ1) is 20.8.